The first-order valence-corrected chi connectivity index (χ1v) is 5.62. The van der Waals surface area contributed by atoms with E-state index in [9.17, 15) is 4.79 Å². The van der Waals surface area contributed by atoms with Crippen LogP contribution >= 0.6 is 0 Å². The number of aryl methyl sites for hydroxylation is 1. The third kappa shape index (κ3) is 3.54. The number of nitrogens with two attached hydrogens (primary N) is 1. The van der Waals surface area contributed by atoms with Crippen molar-refractivity contribution < 1.29 is 4.79 Å². The van der Waals surface area contributed by atoms with Gasteiger partial charge < -0.3 is 11.1 Å². The summed E-state index contributed by atoms with van der Waals surface area (Å²) in [5.74, 6) is -0.0594. The van der Waals surface area contributed by atoms with E-state index in [0.29, 0.717) is 17.9 Å². The Morgan fingerprint density at radius 2 is 2.37 bits per heavy atom. The molecule has 0 aliphatic rings. The Morgan fingerprint density at radius 1 is 1.53 bits per heavy atom. The van der Waals surface area contributed by atoms with Crippen molar-refractivity contribution in [3.63, 3.8) is 0 Å². The number of hydrogen-bond acceptors (Lipinski definition) is 5. The van der Waals surface area contributed by atoms with Gasteiger partial charge in [-0.3, -0.25) is 9.48 Å². The Labute approximate surface area is 109 Å². The minimum absolute atomic E-state index is 0.0937. The number of nitriles is 1. The van der Waals surface area contributed by atoms with Gasteiger partial charge in [0.25, 0.3) is 5.82 Å². The molecule has 0 aliphatic heterocycles. The number of nitrogens with one attached hydrogen (secondary N) is 1. The average Bonchev–Trinajstić information content (AvgIpc) is 2.84. The summed E-state index contributed by atoms with van der Waals surface area (Å²) in [5.41, 5.74) is 6.86. The van der Waals surface area contributed by atoms with Crippen molar-refractivity contribution in [1.82, 2.24) is 14.8 Å². The van der Waals surface area contributed by atoms with E-state index in [1.165, 1.54) is 11.0 Å². The van der Waals surface area contributed by atoms with Gasteiger partial charge >= 0.3 is 0 Å². The Balaban J connectivity index is 1.86. The van der Waals surface area contributed by atoms with Crippen LogP contribution in [0.2, 0.25) is 0 Å². The monoisotopic (exact) mass is 256 g/mol. The smallest absolute Gasteiger partial charge is 0.252 e. The number of hydrogen-bond donors (Lipinski definition) is 2. The van der Waals surface area contributed by atoms with E-state index in [-0.39, 0.29) is 18.2 Å². The molecule has 0 atom stereocenters. The fourth-order valence-electron chi connectivity index (χ4n) is 1.51. The highest BCUT2D eigenvalue weighted by atomic mass is 16.1. The van der Waals surface area contributed by atoms with Gasteiger partial charge in [-0.15, -0.1) is 5.10 Å². The van der Waals surface area contributed by atoms with Gasteiger partial charge in [-0.05, 0) is 18.2 Å². The van der Waals surface area contributed by atoms with Crippen LogP contribution in [-0.4, -0.2) is 20.7 Å². The number of anilines is 2. The first-order chi connectivity index (χ1) is 9.17. The van der Waals surface area contributed by atoms with E-state index in [4.69, 9.17) is 11.0 Å². The van der Waals surface area contributed by atoms with Crippen molar-refractivity contribution in [3.05, 3.63) is 36.4 Å². The van der Waals surface area contributed by atoms with Crippen LogP contribution in [0.15, 0.2) is 30.6 Å². The number of rotatable bonds is 4. The summed E-state index contributed by atoms with van der Waals surface area (Å²) in [4.78, 5) is 15.4. The van der Waals surface area contributed by atoms with Gasteiger partial charge in [0.05, 0.1) is 6.54 Å². The molecule has 7 nitrogen and oxygen atoms in total. The highest BCUT2D eigenvalue weighted by Crippen LogP contribution is 2.11. The average molecular weight is 256 g/mol. The van der Waals surface area contributed by atoms with Gasteiger partial charge in [-0.25, -0.2) is 4.98 Å². The number of amides is 1. The zero-order valence-electron chi connectivity index (χ0n) is 10.1. The van der Waals surface area contributed by atoms with Crippen molar-refractivity contribution >= 4 is 17.3 Å². The molecule has 1 heterocycles. The van der Waals surface area contributed by atoms with E-state index in [0.717, 1.165) is 0 Å². The molecule has 0 saturated heterocycles. The summed E-state index contributed by atoms with van der Waals surface area (Å²) >= 11 is 0. The summed E-state index contributed by atoms with van der Waals surface area (Å²) in [6, 6.07) is 8.78. The van der Waals surface area contributed by atoms with E-state index in [2.05, 4.69) is 15.4 Å². The highest BCUT2D eigenvalue weighted by Gasteiger charge is 2.05. The van der Waals surface area contributed by atoms with Crippen LogP contribution < -0.4 is 11.1 Å². The normalized spacial score (nSPS) is 9.84. The molecule has 0 bridgehead atoms. The Hall–Kier alpha value is -2.88. The van der Waals surface area contributed by atoms with E-state index in [1.54, 1.807) is 24.3 Å². The maximum atomic E-state index is 11.7. The molecular formula is C12H12N6O. The lowest BCUT2D eigenvalue weighted by Crippen LogP contribution is -2.14. The standard InChI is InChI=1S/C12H12N6O/c13-7-11-15-8-18(17-11)5-4-12(19)16-10-3-1-2-9(14)6-10/h1-3,6,8H,4-5,14H2,(H,16,19). The minimum Gasteiger partial charge on any atom is -0.399 e. The number of benzene rings is 1. The van der Waals surface area contributed by atoms with Crippen LogP contribution in [-0.2, 0) is 11.3 Å². The summed E-state index contributed by atoms with van der Waals surface area (Å²) < 4.78 is 1.46. The second-order valence-corrected chi connectivity index (χ2v) is 3.87. The molecule has 1 aromatic carbocycles. The molecule has 0 radical (unpaired) electrons. The van der Waals surface area contributed by atoms with Crippen molar-refractivity contribution in [2.24, 2.45) is 0 Å². The molecule has 1 amide bonds. The molecule has 96 valence electrons. The molecule has 0 saturated carbocycles. The van der Waals surface area contributed by atoms with Gasteiger partial charge in [-0.1, -0.05) is 6.07 Å². The van der Waals surface area contributed by atoms with E-state index >= 15 is 0 Å². The first-order valence-electron chi connectivity index (χ1n) is 5.62. The summed E-state index contributed by atoms with van der Waals surface area (Å²) in [7, 11) is 0. The van der Waals surface area contributed by atoms with E-state index < -0.39 is 0 Å². The van der Waals surface area contributed by atoms with Crippen LogP contribution in [0.25, 0.3) is 0 Å². The number of nitrogen functional groups attached to an aromatic ring is 1. The third-order valence-corrected chi connectivity index (χ3v) is 2.37. The van der Waals surface area contributed by atoms with Crippen molar-refractivity contribution in [3.8, 4) is 6.07 Å². The predicted molar refractivity (Wildman–Crippen MR) is 68.8 cm³/mol. The maximum absolute atomic E-state index is 11.7. The fraction of sp³-hybridized carbons (Fsp3) is 0.167. The van der Waals surface area contributed by atoms with Crippen LogP contribution in [0.3, 0.4) is 0 Å². The third-order valence-electron chi connectivity index (χ3n) is 2.37. The summed E-state index contributed by atoms with van der Waals surface area (Å²) in [6.07, 6.45) is 1.66. The molecular weight excluding hydrogens is 244 g/mol. The zero-order chi connectivity index (χ0) is 13.7. The number of aromatic nitrogens is 3. The first kappa shape index (κ1) is 12.6. The zero-order valence-corrected chi connectivity index (χ0v) is 10.1. The van der Waals surface area contributed by atoms with Gasteiger partial charge in [0.15, 0.2) is 0 Å². The number of nitrogens with zero attached hydrogens (tertiary/aromatic N) is 4. The largest absolute Gasteiger partial charge is 0.399 e. The summed E-state index contributed by atoms with van der Waals surface area (Å²) in [6.45, 7) is 0.364. The maximum Gasteiger partial charge on any atom is 0.252 e. The lowest BCUT2D eigenvalue weighted by molar-refractivity contribution is -0.116. The molecule has 0 spiro atoms. The molecule has 0 fully saturated rings. The number of carbonyl (C=O) groups excluding carboxylic acids is 1. The van der Waals surface area contributed by atoms with Crippen molar-refractivity contribution in [2.75, 3.05) is 11.1 Å². The molecule has 7 heteroatoms. The van der Waals surface area contributed by atoms with Gasteiger partial charge in [0.2, 0.25) is 5.91 Å². The number of carbonyl (C=O) groups is 1. The Bertz CT molecular complexity index is 627. The topological polar surface area (TPSA) is 110 Å². The lowest BCUT2D eigenvalue weighted by atomic mass is 10.2. The van der Waals surface area contributed by atoms with Crippen LogP contribution in [0.5, 0.6) is 0 Å². The SMILES string of the molecule is N#Cc1ncn(CCC(=O)Nc2cccc(N)c2)n1. The van der Waals surface area contributed by atoms with Gasteiger partial charge in [-0.2, -0.15) is 5.26 Å². The molecule has 3 N–H and O–H groups in total. The van der Waals surface area contributed by atoms with Crippen molar-refractivity contribution in [1.29, 1.82) is 5.26 Å². The van der Waals surface area contributed by atoms with Crippen LogP contribution in [0.4, 0.5) is 11.4 Å². The quantitative estimate of drug-likeness (QED) is 0.785. The van der Waals surface area contributed by atoms with Crippen molar-refractivity contribution in [2.45, 2.75) is 13.0 Å². The molecule has 2 aromatic rings. The van der Waals surface area contributed by atoms with Gasteiger partial charge in [0.1, 0.15) is 12.4 Å². The second-order valence-electron chi connectivity index (χ2n) is 3.87. The molecule has 0 aliphatic carbocycles. The lowest BCUT2D eigenvalue weighted by Gasteiger charge is -2.05. The molecule has 1 aromatic heterocycles. The Morgan fingerprint density at radius 3 is 3.05 bits per heavy atom. The predicted octanol–water partition coefficient (Wildman–Crippen LogP) is 0.761. The fourth-order valence-corrected chi connectivity index (χ4v) is 1.51. The molecule has 19 heavy (non-hydrogen) atoms. The van der Waals surface area contributed by atoms with Crippen LogP contribution in [0.1, 0.15) is 12.2 Å². The molecule has 2 rings (SSSR count). The minimum atomic E-state index is -0.153. The van der Waals surface area contributed by atoms with Crippen LogP contribution in [0, 0.1) is 11.3 Å². The van der Waals surface area contributed by atoms with E-state index in [1.807, 2.05) is 6.07 Å². The Kier molecular flexibility index (Phi) is 3.73. The summed E-state index contributed by atoms with van der Waals surface area (Å²) in [5, 5.41) is 15.2. The van der Waals surface area contributed by atoms with Gasteiger partial charge in [0, 0.05) is 17.8 Å². The highest BCUT2D eigenvalue weighted by molar-refractivity contribution is 5.91. The molecule has 0 unspecified atom stereocenters. The second kappa shape index (κ2) is 5.64.